The van der Waals surface area contributed by atoms with Gasteiger partial charge in [-0.2, -0.15) is 0 Å². The highest BCUT2D eigenvalue weighted by molar-refractivity contribution is 5.36. The van der Waals surface area contributed by atoms with Crippen LogP contribution in [0.5, 0.6) is 5.75 Å². The highest BCUT2D eigenvalue weighted by Gasteiger charge is 2.21. The van der Waals surface area contributed by atoms with Gasteiger partial charge in [0, 0.05) is 25.2 Å². The largest absolute Gasteiger partial charge is 0.490 e. The van der Waals surface area contributed by atoms with Gasteiger partial charge in [-0.25, -0.2) is 0 Å². The lowest BCUT2D eigenvalue weighted by molar-refractivity contribution is -0.384. The Morgan fingerprint density at radius 3 is 2.42 bits per heavy atom. The first-order chi connectivity index (χ1) is 11.6. The summed E-state index contributed by atoms with van der Waals surface area (Å²) < 4.78 is 11.4. The molecule has 0 spiro atoms. The van der Waals surface area contributed by atoms with Crippen LogP contribution in [0.15, 0.2) is 40.8 Å². The number of non-ortho nitro benzene ring substituents is 1. The molecule has 1 fully saturated rings. The third-order valence-corrected chi connectivity index (χ3v) is 4.14. The summed E-state index contributed by atoms with van der Waals surface area (Å²) in [5.41, 5.74) is 0.0675. The third-order valence-electron chi connectivity index (χ3n) is 4.14. The first-order valence-electron chi connectivity index (χ1n) is 7.96. The predicted molar refractivity (Wildman–Crippen MR) is 86.7 cm³/mol. The van der Waals surface area contributed by atoms with Crippen molar-refractivity contribution in [3.05, 3.63) is 58.0 Å². The average molecular weight is 332 g/mol. The molecule has 1 aliphatic heterocycles. The molecule has 2 aromatic rings. The van der Waals surface area contributed by atoms with E-state index in [4.69, 9.17) is 14.3 Å². The van der Waals surface area contributed by atoms with Crippen LogP contribution >= 0.6 is 0 Å². The predicted octanol–water partition coefficient (Wildman–Crippen LogP) is 2.72. The van der Waals surface area contributed by atoms with Crippen molar-refractivity contribution in [3.8, 4) is 5.75 Å². The van der Waals surface area contributed by atoms with Crippen molar-refractivity contribution in [2.24, 2.45) is 0 Å². The monoisotopic (exact) mass is 332 g/mol. The van der Waals surface area contributed by atoms with Crippen molar-refractivity contribution < 1.29 is 19.2 Å². The Bertz CT molecular complexity index is 675. The first-order valence-corrected chi connectivity index (χ1v) is 7.96. The van der Waals surface area contributed by atoms with Crippen LogP contribution in [-0.2, 0) is 13.2 Å². The molecule has 3 rings (SSSR count). The number of hydrogen-bond acceptors (Lipinski definition) is 6. The van der Waals surface area contributed by atoms with E-state index < -0.39 is 4.92 Å². The molecule has 0 aliphatic carbocycles. The number of rotatable bonds is 6. The molecule has 1 aromatic heterocycles. The van der Waals surface area contributed by atoms with Crippen LogP contribution in [0.4, 0.5) is 5.69 Å². The van der Waals surface area contributed by atoms with E-state index in [2.05, 4.69) is 4.90 Å². The molecule has 0 unspecified atom stereocenters. The standard InChI is InChI=1S/C17H20N2O5/c20-12-17-6-5-16(24-17)11-18-9-7-15(8-10-18)23-14-3-1-13(2-4-14)19(21)22/h1-6,15,20H,7-12H2. The number of nitro groups is 1. The third kappa shape index (κ3) is 4.12. The van der Waals surface area contributed by atoms with Gasteiger partial charge in [-0.05, 0) is 37.1 Å². The second kappa shape index (κ2) is 7.46. The van der Waals surface area contributed by atoms with Gasteiger partial charge in [-0.3, -0.25) is 15.0 Å². The molecule has 0 saturated carbocycles. The number of benzene rings is 1. The Labute approximate surface area is 139 Å². The zero-order chi connectivity index (χ0) is 16.9. The Morgan fingerprint density at radius 2 is 1.83 bits per heavy atom. The summed E-state index contributed by atoms with van der Waals surface area (Å²) in [5, 5.41) is 19.7. The zero-order valence-electron chi connectivity index (χ0n) is 13.3. The van der Waals surface area contributed by atoms with Gasteiger partial charge < -0.3 is 14.3 Å². The van der Waals surface area contributed by atoms with Gasteiger partial charge >= 0.3 is 0 Å². The summed E-state index contributed by atoms with van der Waals surface area (Å²) in [6, 6.07) is 9.89. The second-order valence-electron chi connectivity index (χ2n) is 5.87. The number of aliphatic hydroxyl groups excluding tert-OH is 1. The molecule has 0 amide bonds. The molecule has 1 aliphatic rings. The van der Waals surface area contributed by atoms with Crippen LogP contribution in [-0.4, -0.2) is 34.1 Å². The van der Waals surface area contributed by atoms with Crippen molar-refractivity contribution in [1.29, 1.82) is 0 Å². The molecule has 0 bridgehead atoms. The Morgan fingerprint density at radius 1 is 1.17 bits per heavy atom. The number of aliphatic hydroxyl groups is 1. The lowest BCUT2D eigenvalue weighted by Gasteiger charge is -2.31. The Kier molecular flexibility index (Phi) is 5.12. The number of nitro benzene ring substituents is 1. The lowest BCUT2D eigenvalue weighted by atomic mass is 10.1. The van der Waals surface area contributed by atoms with Gasteiger partial charge in [0.2, 0.25) is 0 Å². The van der Waals surface area contributed by atoms with Crippen molar-refractivity contribution in [1.82, 2.24) is 4.90 Å². The molecular formula is C17H20N2O5. The zero-order valence-corrected chi connectivity index (χ0v) is 13.3. The maximum Gasteiger partial charge on any atom is 0.269 e. The fourth-order valence-corrected chi connectivity index (χ4v) is 2.84. The molecule has 0 radical (unpaired) electrons. The molecule has 1 aromatic carbocycles. The van der Waals surface area contributed by atoms with Crippen molar-refractivity contribution in [2.45, 2.75) is 32.1 Å². The molecule has 1 saturated heterocycles. The van der Waals surface area contributed by atoms with Crippen LogP contribution in [0.1, 0.15) is 24.4 Å². The van der Waals surface area contributed by atoms with Crippen LogP contribution < -0.4 is 4.74 Å². The second-order valence-corrected chi connectivity index (χ2v) is 5.87. The molecule has 0 atom stereocenters. The summed E-state index contributed by atoms with van der Waals surface area (Å²) >= 11 is 0. The maximum absolute atomic E-state index is 10.6. The number of nitrogens with zero attached hydrogens (tertiary/aromatic N) is 2. The summed E-state index contributed by atoms with van der Waals surface area (Å²) in [6.45, 7) is 2.44. The Hall–Kier alpha value is -2.38. The molecular weight excluding hydrogens is 312 g/mol. The summed E-state index contributed by atoms with van der Waals surface area (Å²) in [6.07, 6.45) is 1.90. The van der Waals surface area contributed by atoms with Crippen LogP contribution in [0.2, 0.25) is 0 Å². The van der Waals surface area contributed by atoms with E-state index in [0.29, 0.717) is 11.5 Å². The van der Waals surface area contributed by atoms with E-state index in [1.165, 1.54) is 12.1 Å². The fraction of sp³-hybridized carbons (Fsp3) is 0.412. The van der Waals surface area contributed by atoms with Crippen molar-refractivity contribution in [2.75, 3.05) is 13.1 Å². The molecule has 7 heteroatoms. The normalized spacial score (nSPS) is 16.2. The topological polar surface area (TPSA) is 89.0 Å². The number of furan rings is 1. The minimum Gasteiger partial charge on any atom is -0.490 e. The number of likely N-dealkylation sites (tertiary alicyclic amines) is 1. The SMILES string of the molecule is O=[N+]([O-])c1ccc(OC2CCN(Cc3ccc(CO)o3)CC2)cc1. The first kappa shape index (κ1) is 16.5. The van der Waals surface area contributed by atoms with Gasteiger partial charge in [0.15, 0.2) is 0 Å². The number of piperidine rings is 1. The van der Waals surface area contributed by atoms with Crippen LogP contribution in [0.25, 0.3) is 0 Å². The summed E-state index contributed by atoms with van der Waals surface area (Å²) in [7, 11) is 0. The minimum atomic E-state index is -0.418. The van der Waals surface area contributed by atoms with Gasteiger partial charge in [-0.1, -0.05) is 0 Å². The average Bonchev–Trinajstić information content (AvgIpc) is 3.05. The highest BCUT2D eigenvalue weighted by Crippen LogP contribution is 2.23. The number of ether oxygens (including phenoxy) is 1. The maximum atomic E-state index is 10.6. The van der Waals surface area contributed by atoms with Gasteiger partial charge in [0.1, 0.15) is 30.0 Å². The molecule has 7 nitrogen and oxygen atoms in total. The van der Waals surface area contributed by atoms with Crippen molar-refractivity contribution >= 4 is 5.69 Å². The van der Waals surface area contributed by atoms with Gasteiger partial charge in [-0.15, -0.1) is 0 Å². The smallest absolute Gasteiger partial charge is 0.269 e. The molecule has 1 N–H and O–H groups in total. The molecule has 128 valence electrons. The summed E-state index contributed by atoms with van der Waals surface area (Å²) in [5.74, 6) is 2.10. The van der Waals surface area contributed by atoms with E-state index in [9.17, 15) is 10.1 Å². The quantitative estimate of drug-likeness (QED) is 0.646. The highest BCUT2D eigenvalue weighted by atomic mass is 16.6. The van der Waals surface area contributed by atoms with E-state index in [1.54, 1.807) is 18.2 Å². The Balaban J connectivity index is 1.47. The van der Waals surface area contributed by atoms with Crippen LogP contribution in [0.3, 0.4) is 0 Å². The van der Waals surface area contributed by atoms with E-state index in [0.717, 1.165) is 38.2 Å². The molecule has 24 heavy (non-hydrogen) atoms. The number of hydrogen-bond donors (Lipinski definition) is 1. The lowest BCUT2D eigenvalue weighted by Crippen LogP contribution is -2.37. The summed E-state index contributed by atoms with van der Waals surface area (Å²) in [4.78, 5) is 12.5. The van der Waals surface area contributed by atoms with Crippen molar-refractivity contribution in [3.63, 3.8) is 0 Å². The minimum absolute atomic E-state index is 0.0675. The molecule has 2 heterocycles. The fourth-order valence-electron chi connectivity index (χ4n) is 2.84. The van der Waals surface area contributed by atoms with Gasteiger partial charge in [0.25, 0.3) is 5.69 Å². The van der Waals surface area contributed by atoms with Crippen LogP contribution in [0, 0.1) is 10.1 Å². The van der Waals surface area contributed by atoms with Gasteiger partial charge in [0.05, 0.1) is 11.5 Å². The van der Waals surface area contributed by atoms with E-state index >= 15 is 0 Å². The van der Waals surface area contributed by atoms with E-state index in [1.807, 2.05) is 6.07 Å². The van der Waals surface area contributed by atoms with E-state index in [-0.39, 0.29) is 18.4 Å².